The molecule has 1 N–H and O–H groups in total. The fourth-order valence-corrected chi connectivity index (χ4v) is 2.16. The van der Waals surface area contributed by atoms with E-state index in [0.717, 1.165) is 22.3 Å². The summed E-state index contributed by atoms with van der Waals surface area (Å²) in [7, 11) is 0. The first-order chi connectivity index (χ1) is 9.30. The van der Waals surface area contributed by atoms with E-state index in [1.54, 1.807) is 13.0 Å². The Morgan fingerprint density at radius 1 is 0.900 bits per heavy atom. The smallest absolute Gasteiger partial charge is 0.296 e. The zero-order valence-electron chi connectivity index (χ0n) is 11.2. The van der Waals surface area contributed by atoms with E-state index in [-0.39, 0.29) is 5.56 Å². The van der Waals surface area contributed by atoms with Crippen molar-refractivity contribution in [3.8, 4) is 11.1 Å². The zero-order valence-corrected chi connectivity index (χ0v) is 11.2. The molecule has 0 heterocycles. The Balaban J connectivity index is 2.47. The Hall–Kier alpha value is -2.10. The van der Waals surface area contributed by atoms with E-state index in [2.05, 4.69) is 0 Å². The number of halogens is 3. The van der Waals surface area contributed by atoms with Gasteiger partial charge in [-0.3, -0.25) is 5.41 Å². The third kappa shape index (κ3) is 2.74. The molecule has 104 valence electrons. The van der Waals surface area contributed by atoms with Gasteiger partial charge in [0.05, 0.1) is 0 Å². The molecule has 0 aliphatic carbocycles. The van der Waals surface area contributed by atoms with Crippen molar-refractivity contribution in [2.75, 3.05) is 0 Å². The summed E-state index contributed by atoms with van der Waals surface area (Å²) in [5.74, 6) is 0. The molecule has 0 aromatic heterocycles. The monoisotopic (exact) mass is 277 g/mol. The fraction of sp³-hybridized carbons (Fsp3) is 0.188. The molecule has 0 aliphatic rings. The molecule has 0 spiro atoms. The van der Waals surface area contributed by atoms with Crippen LogP contribution in [0.15, 0.2) is 42.5 Å². The van der Waals surface area contributed by atoms with Crippen LogP contribution < -0.4 is 0 Å². The van der Waals surface area contributed by atoms with Crippen molar-refractivity contribution in [1.29, 1.82) is 5.41 Å². The Labute approximate surface area is 115 Å². The summed E-state index contributed by atoms with van der Waals surface area (Å²) in [5, 5.41) is 7.17. The van der Waals surface area contributed by atoms with Crippen molar-refractivity contribution in [3.63, 3.8) is 0 Å². The second kappa shape index (κ2) is 5.12. The van der Waals surface area contributed by atoms with Gasteiger partial charge in [-0.1, -0.05) is 36.4 Å². The number of hydrogen-bond donors (Lipinski definition) is 1. The third-order valence-corrected chi connectivity index (χ3v) is 3.23. The van der Waals surface area contributed by atoms with E-state index in [9.17, 15) is 13.2 Å². The van der Waals surface area contributed by atoms with E-state index in [1.165, 1.54) is 12.1 Å². The van der Waals surface area contributed by atoms with Crippen LogP contribution in [0.3, 0.4) is 0 Å². The van der Waals surface area contributed by atoms with Gasteiger partial charge in [-0.25, -0.2) is 0 Å². The Morgan fingerprint density at radius 3 is 2.05 bits per heavy atom. The molecule has 0 amide bonds. The maximum absolute atomic E-state index is 12.5. The second-order valence-corrected chi connectivity index (χ2v) is 4.72. The van der Waals surface area contributed by atoms with Gasteiger partial charge in [0, 0.05) is 5.56 Å². The summed E-state index contributed by atoms with van der Waals surface area (Å²) in [6.45, 7) is 3.72. The quantitative estimate of drug-likeness (QED) is 0.755. The predicted octanol–water partition coefficient (Wildman–Crippen LogP) is 4.90. The molecule has 0 radical (unpaired) electrons. The zero-order chi connectivity index (χ0) is 14.9. The van der Waals surface area contributed by atoms with Crippen molar-refractivity contribution >= 4 is 5.71 Å². The van der Waals surface area contributed by atoms with Crippen LogP contribution in [0.5, 0.6) is 0 Å². The van der Waals surface area contributed by atoms with Gasteiger partial charge in [0.15, 0.2) is 0 Å². The van der Waals surface area contributed by atoms with Gasteiger partial charge in [-0.15, -0.1) is 0 Å². The van der Waals surface area contributed by atoms with Crippen LogP contribution >= 0.6 is 0 Å². The van der Waals surface area contributed by atoms with Gasteiger partial charge in [-0.2, -0.15) is 13.2 Å². The molecule has 2 aromatic carbocycles. The lowest BCUT2D eigenvalue weighted by molar-refractivity contribution is -0.0587. The summed E-state index contributed by atoms with van der Waals surface area (Å²) in [6.07, 6.45) is -4.61. The molecule has 0 bridgehead atoms. The summed E-state index contributed by atoms with van der Waals surface area (Å²) < 4.78 is 37.6. The molecule has 0 atom stereocenters. The summed E-state index contributed by atoms with van der Waals surface area (Å²) in [5.41, 5.74) is 2.27. The van der Waals surface area contributed by atoms with Crippen LogP contribution in [-0.2, 0) is 0 Å². The fourth-order valence-electron chi connectivity index (χ4n) is 2.16. The van der Waals surface area contributed by atoms with E-state index >= 15 is 0 Å². The number of nitrogens with one attached hydrogen (secondary N) is 1. The van der Waals surface area contributed by atoms with E-state index in [1.807, 2.05) is 31.2 Å². The molecule has 1 nitrogen and oxygen atoms in total. The van der Waals surface area contributed by atoms with Crippen LogP contribution in [0.1, 0.15) is 16.7 Å². The predicted molar refractivity (Wildman–Crippen MR) is 74.2 cm³/mol. The average molecular weight is 277 g/mol. The largest absolute Gasteiger partial charge is 0.433 e. The van der Waals surface area contributed by atoms with Crippen molar-refractivity contribution in [2.24, 2.45) is 0 Å². The summed E-state index contributed by atoms with van der Waals surface area (Å²) in [4.78, 5) is 0. The number of benzene rings is 2. The molecule has 20 heavy (non-hydrogen) atoms. The highest BCUT2D eigenvalue weighted by atomic mass is 19.4. The Morgan fingerprint density at radius 2 is 1.50 bits per heavy atom. The standard InChI is InChI=1S/C16H14F3N/c1-10-5-3-4-6-13(10)14-8-7-12(9-11(14)2)15(20)16(17,18)19/h3-9,20H,1-2H3. The maximum atomic E-state index is 12.5. The second-order valence-electron chi connectivity index (χ2n) is 4.72. The molecule has 0 saturated heterocycles. The van der Waals surface area contributed by atoms with Crippen molar-refractivity contribution < 1.29 is 13.2 Å². The minimum Gasteiger partial charge on any atom is -0.296 e. The van der Waals surface area contributed by atoms with Gasteiger partial charge in [-0.05, 0) is 42.2 Å². The molecule has 2 rings (SSSR count). The van der Waals surface area contributed by atoms with E-state index < -0.39 is 11.9 Å². The van der Waals surface area contributed by atoms with Crippen molar-refractivity contribution in [2.45, 2.75) is 20.0 Å². The molecule has 0 fully saturated rings. The van der Waals surface area contributed by atoms with Crippen LogP contribution in [0, 0.1) is 19.3 Å². The Kier molecular flexibility index (Phi) is 3.66. The van der Waals surface area contributed by atoms with Crippen LogP contribution in [0.4, 0.5) is 13.2 Å². The highest BCUT2D eigenvalue weighted by Gasteiger charge is 2.35. The number of alkyl halides is 3. The molecule has 0 saturated carbocycles. The minimum absolute atomic E-state index is 0.104. The molecular formula is C16H14F3N. The van der Waals surface area contributed by atoms with E-state index in [4.69, 9.17) is 5.41 Å². The lowest BCUT2D eigenvalue weighted by atomic mass is 9.94. The molecule has 4 heteroatoms. The molecule has 0 unspecified atom stereocenters. The van der Waals surface area contributed by atoms with Crippen LogP contribution in [0.25, 0.3) is 11.1 Å². The lowest BCUT2D eigenvalue weighted by Crippen LogP contribution is -2.22. The lowest BCUT2D eigenvalue weighted by Gasteiger charge is -2.13. The van der Waals surface area contributed by atoms with E-state index in [0.29, 0.717) is 0 Å². The first-order valence-corrected chi connectivity index (χ1v) is 6.13. The first-order valence-electron chi connectivity index (χ1n) is 6.13. The summed E-state index contributed by atoms with van der Waals surface area (Å²) >= 11 is 0. The van der Waals surface area contributed by atoms with Gasteiger partial charge >= 0.3 is 6.18 Å². The third-order valence-electron chi connectivity index (χ3n) is 3.23. The maximum Gasteiger partial charge on any atom is 0.433 e. The highest BCUT2D eigenvalue weighted by Crippen LogP contribution is 2.29. The first kappa shape index (κ1) is 14.3. The molecule has 0 aliphatic heterocycles. The SMILES string of the molecule is Cc1ccccc1-c1ccc(C(=N)C(F)(F)F)cc1C. The number of hydrogen-bond acceptors (Lipinski definition) is 1. The number of rotatable bonds is 2. The topological polar surface area (TPSA) is 23.9 Å². The summed E-state index contributed by atoms with van der Waals surface area (Å²) in [6, 6.07) is 12.1. The van der Waals surface area contributed by atoms with Gasteiger partial charge in [0.2, 0.25) is 0 Å². The van der Waals surface area contributed by atoms with Gasteiger partial charge in [0.1, 0.15) is 5.71 Å². The number of aryl methyl sites for hydroxylation is 2. The molecular weight excluding hydrogens is 263 g/mol. The molecule has 2 aromatic rings. The van der Waals surface area contributed by atoms with Crippen molar-refractivity contribution in [3.05, 3.63) is 59.2 Å². The average Bonchev–Trinajstić information content (AvgIpc) is 2.38. The Bertz CT molecular complexity index is 657. The highest BCUT2D eigenvalue weighted by molar-refractivity contribution is 6.02. The van der Waals surface area contributed by atoms with Gasteiger partial charge < -0.3 is 0 Å². The minimum atomic E-state index is -4.61. The van der Waals surface area contributed by atoms with Crippen molar-refractivity contribution in [1.82, 2.24) is 0 Å². The normalized spacial score (nSPS) is 11.4. The van der Waals surface area contributed by atoms with Crippen LogP contribution in [-0.4, -0.2) is 11.9 Å². The van der Waals surface area contributed by atoms with Gasteiger partial charge in [0.25, 0.3) is 0 Å². The van der Waals surface area contributed by atoms with Crippen LogP contribution in [0.2, 0.25) is 0 Å².